The predicted octanol–water partition coefficient (Wildman–Crippen LogP) is 2.05. The molecule has 2 aliphatic rings. The van der Waals surface area contributed by atoms with Crippen molar-refractivity contribution in [2.75, 3.05) is 33.2 Å². The standard InChI is InChI=1S/C19H31N5OS/c1-20-19(22-11-5-10-21-18(25)17-8-4-13-26-17)23-15-9-12-24(14-15)16-6-2-3-7-16/h4,8,13,15-16H,2-3,5-7,9-12,14H2,1H3,(H,21,25)(H2,20,22,23). The van der Waals surface area contributed by atoms with Gasteiger partial charge in [0.15, 0.2) is 5.96 Å². The zero-order chi connectivity index (χ0) is 18.2. The number of amides is 1. The van der Waals surface area contributed by atoms with Crippen LogP contribution in [0.1, 0.15) is 48.2 Å². The molecule has 0 bridgehead atoms. The van der Waals surface area contributed by atoms with Crippen LogP contribution in [0.25, 0.3) is 0 Å². The number of carbonyl (C=O) groups excluding carboxylic acids is 1. The zero-order valence-electron chi connectivity index (χ0n) is 15.7. The number of hydrogen-bond acceptors (Lipinski definition) is 4. The van der Waals surface area contributed by atoms with E-state index in [1.54, 1.807) is 0 Å². The van der Waals surface area contributed by atoms with Crippen LogP contribution in [0.15, 0.2) is 22.5 Å². The van der Waals surface area contributed by atoms with E-state index in [4.69, 9.17) is 0 Å². The molecule has 1 atom stereocenters. The number of likely N-dealkylation sites (tertiary alicyclic amines) is 1. The lowest BCUT2D eigenvalue weighted by molar-refractivity contribution is 0.0957. The summed E-state index contributed by atoms with van der Waals surface area (Å²) in [5.41, 5.74) is 0. The topological polar surface area (TPSA) is 68.8 Å². The Morgan fingerprint density at radius 2 is 2.08 bits per heavy atom. The van der Waals surface area contributed by atoms with Crippen molar-refractivity contribution in [2.45, 2.75) is 50.6 Å². The number of nitrogens with one attached hydrogen (secondary N) is 3. The first-order chi connectivity index (χ1) is 12.8. The molecule has 0 aromatic carbocycles. The predicted molar refractivity (Wildman–Crippen MR) is 108 cm³/mol. The average Bonchev–Trinajstić information content (AvgIpc) is 3.42. The average molecular weight is 378 g/mol. The third-order valence-electron chi connectivity index (χ3n) is 5.30. The van der Waals surface area contributed by atoms with Crippen LogP contribution >= 0.6 is 11.3 Å². The van der Waals surface area contributed by atoms with Crippen molar-refractivity contribution in [3.8, 4) is 0 Å². The number of aliphatic imine (C=N–C) groups is 1. The van der Waals surface area contributed by atoms with Gasteiger partial charge in [-0.15, -0.1) is 11.3 Å². The molecule has 7 heteroatoms. The van der Waals surface area contributed by atoms with E-state index in [1.807, 2.05) is 24.6 Å². The Balaban J connectivity index is 1.29. The fourth-order valence-electron chi connectivity index (χ4n) is 3.89. The Morgan fingerprint density at radius 3 is 2.81 bits per heavy atom. The fraction of sp³-hybridized carbons (Fsp3) is 0.684. The third kappa shape index (κ3) is 5.45. The Morgan fingerprint density at radius 1 is 1.27 bits per heavy atom. The summed E-state index contributed by atoms with van der Waals surface area (Å²) in [4.78, 5) is 19.6. The molecule has 1 aromatic heterocycles. The van der Waals surface area contributed by atoms with Crippen molar-refractivity contribution < 1.29 is 4.79 Å². The molecule has 26 heavy (non-hydrogen) atoms. The van der Waals surface area contributed by atoms with E-state index in [9.17, 15) is 4.79 Å². The van der Waals surface area contributed by atoms with Gasteiger partial charge in [-0.3, -0.25) is 14.7 Å². The Bertz CT molecular complexity index is 583. The highest BCUT2D eigenvalue weighted by atomic mass is 32.1. The molecule has 2 heterocycles. The largest absolute Gasteiger partial charge is 0.356 e. The Hall–Kier alpha value is -1.60. The lowest BCUT2D eigenvalue weighted by Gasteiger charge is -2.24. The van der Waals surface area contributed by atoms with Crippen LogP contribution in [0, 0.1) is 0 Å². The molecule has 1 aliphatic heterocycles. The molecule has 1 aromatic rings. The maximum Gasteiger partial charge on any atom is 0.261 e. The van der Waals surface area contributed by atoms with Crippen molar-refractivity contribution in [1.82, 2.24) is 20.9 Å². The van der Waals surface area contributed by atoms with E-state index < -0.39 is 0 Å². The summed E-state index contributed by atoms with van der Waals surface area (Å²) in [6.45, 7) is 3.79. The van der Waals surface area contributed by atoms with Crippen molar-refractivity contribution in [3.63, 3.8) is 0 Å². The lowest BCUT2D eigenvalue weighted by Crippen LogP contribution is -2.45. The first-order valence-corrected chi connectivity index (χ1v) is 10.7. The molecule has 6 nitrogen and oxygen atoms in total. The van der Waals surface area contributed by atoms with Gasteiger partial charge in [0.2, 0.25) is 0 Å². The van der Waals surface area contributed by atoms with Gasteiger partial charge < -0.3 is 16.0 Å². The summed E-state index contributed by atoms with van der Waals surface area (Å²) in [6, 6.07) is 5.04. The second-order valence-corrected chi connectivity index (χ2v) is 8.10. The van der Waals surface area contributed by atoms with Gasteiger partial charge in [0.1, 0.15) is 0 Å². The molecule has 3 rings (SSSR count). The van der Waals surface area contributed by atoms with Crippen LogP contribution in [0.2, 0.25) is 0 Å². The van der Waals surface area contributed by atoms with Crippen molar-refractivity contribution >= 4 is 23.2 Å². The number of thiophene rings is 1. The van der Waals surface area contributed by atoms with Gasteiger partial charge in [0.25, 0.3) is 5.91 Å². The summed E-state index contributed by atoms with van der Waals surface area (Å²) >= 11 is 1.47. The maximum absolute atomic E-state index is 11.9. The third-order valence-corrected chi connectivity index (χ3v) is 6.17. The van der Waals surface area contributed by atoms with E-state index in [0.29, 0.717) is 12.6 Å². The second-order valence-electron chi connectivity index (χ2n) is 7.15. The van der Waals surface area contributed by atoms with Crippen LogP contribution in [0.4, 0.5) is 0 Å². The monoisotopic (exact) mass is 377 g/mol. The van der Waals surface area contributed by atoms with E-state index >= 15 is 0 Å². The molecule has 1 amide bonds. The van der Waals surface area contributed by atoms with E-state index in [2.05, 4.69) is 25.8 Å². The highest BCUT2D eigenvalue weighted by Gasteiger charge is 2.30. The second kappa shape index (κ2) is 9.92. The van der Waals surface area contributed by atoms with Crippen molar-refractivity contribution in [1.29, 1.82) is 0 Å². The first kappa shape index (κ1) is 19.2. The summed E-state index contributed by atoms with van der Waals surface area (Å²) in [5.74, 6) is 0.883. The zero-order valence-corrected chi connectivity index (χ0v) is 16.5. The van der Waals surface area contributed by atoms with E-state index in [0.717, 1.165) is 36.4 Å². The van der Waals surface area contributed by atoms with Gasteiger partial charge >= 0.3 is 0 Å². The van der Waals surface area contributed by atoms with Crippen LogP contribution < -0.4 is 16.0 Å². The minimum absolute atomic E-state index is 0.0143. The molecule has 0 radical (unpaired) electrons. The SMILES string of the molecule is CN=C(NCCCNC(=O)c1cccs1)NC1CCN(C2CCCC2)C1. The van der Waals surface area contributed by atoms with Crippen molar-refractivity contribution in [3.05, 3.63) is 22.4 Å². The summed E-state index contributed by atoms with van der Waals surface area (Å²) in [6.07, 6.45) is 7.59. The molecule has 2 fully saturated rings. The molecule has 144 valence electrons. The fourth-order valence-corrected chi connectivity index (χ4v) is 4.53. The summed E-state index contributed by atoms with van der Waals surface area (Å²) < 4.78 is 0. The molecular weight excluding hydrogens is 346 g/mol. The van der Waals surface area contributed by atoms with Crippen LogP contribution in [0.3, 0.4) is 0 Å². The number of nitrogens with zero attached hydrogens (tertiary/aromatic N) is 2. The molecule has 0 spiro atoms. The van der Waals surface area contributed by atoms with Crippen LogP contribution in [-0.2, 0) is 0 Å². The number of hydrogen-bond donors (Lipinski definition) is 3. The van der Waals surface area contributed by atoms with Crippen molar-refractivity contribution in [2.24, 2.45) is 4.99 Å². The lowest BCUT2D eigenvalue weighted by atomic mass is 10.2. The quantitative estimate of drug-likeness (QED) is 0.386. The normalized spacial score (nSPS) is 21.9. The van der Waals surface area contributed by atoms with Crippen LogP contribution in [0.5, 0.6) is 0 Å². The summed E-state index contributed by atoms with van der Waals surface area (Å²) in [7, 11) is 1.82. The van der Waals surface area contributed by atoms with Gasteiger partial charge in [-0.05, 0) is 37.1 Å². The van der Waals surface area contributed by atoms with E-state index in [1.165, 1.54) is 50.0 Å². The first-order valence-electron chi connectivity index (χ1n) is 9.79. The maximum atomic E-state index is 11.9. The molecule has 1 aliphatic carbocycles. The number of guanidine groups is 1. The molecular formula is C19H31N5OS. The minimum atomic E-state index is 0.0143. The molecule has 3 N–H and O–H groups in total. The summed E-state index contributed by atoms with van der Waals surface area (Å²) in [5, 5.41) is 11.8. The van der Waals surface area contributed by atoms with Crippen LogP contribution in [-0.4, -0.2) is 62.1 Å². The smallest absolute Gasteiger partial charge is 0.261 e. The Labute approximate surface area is 160 Å². The molecule has 1 saturated heterocycles. The van der Waals surface area contributed by atoms with Gasteiger partial charge in [-0.25, -0.2) is 0 Å². The Kier molecular flexibility index (Phi) is 7.32. The number of carbonyl (C=O) groups is 1. The van der Waals surface area contributed by atoms with Gasteiger partial charge in [0.05, 0.1) is 4.88 Å². The van der Waals surface area contributed by atoms with Gasteiger partial charge in [-0.2, -0.15) is 0 Å². The molecule has 1 saturated carbocycles. The van der Waals surface area contributed by atoms with Gasteiger partial charge in [-0.1, -0.05) is 18.9 Å². The highest BCUT2D eigenvalue weighted by Crippen LogP contribution is 2.26. The minimum Gasteiger partial charge on any atom is -0.356 e. The van der Waals surface area contributed by atoms with Gasteiger partial charge in [0, 0.05) is 45.3 Å². The highest BCUT2D eigenvalue weighted by molar-refractivity contribution is 7.12. The van der Waals surface area contributed by atoms with E-state index in [-0.39, 0.29) is 5.91 Å². The molecule has 1 unspecified atom stereocenters. The number of rotatable bonds is 7.